The van der Waals surface area contributed by atoms with Crippen molar-refractivity contribution in [1.82, 2.24) is 14.5 Å². The predicted molar refractivity (Wildman–Crippen MR) is 176 cm³/mol. The molecule has 0 N–H and O–H groups in total. The lowest BCUT2D eigenvalue weighted by molar-refractivity contribution is -0.0498. The number of nitrogens with zero attached hydrogens (tertiary/aromatic N) is 3. The SMILES string of the molecule is CCCCn1c(-c2ccccc2)nc(-c2ccccc2)c1CN(Cc1ccc(OC(F)F)cc1)Cc1cc(C)c(OC)c(C)c1. The molecular weight excluding hydrogens is 568 g/mol. The Hall–Kier alpha value is -4.49. The van der Waals surface area contributed by atoms with Crippen molar-refractivity contribution in [2.75, 3.05) is 7.11 Å². The number of hydrogen-bond donors (Lipinski definition) is 0. The van der Waals surface area contributed by atoms with Crippen LogP contribution in [0.25, 0.3) is 22.6 Å². The van der Waals surface area contributed by atoms with Crippen LogP contribution in [-0.4, -0.2) is 28.2 Å². The van der Waals surface area contributed by atoms with Crippen LogP contribution in [0.5, 0.6) is 11.5 Å². The van der Waals surface area contributed by atoms with Gasteiger partial charge < -0.3 is 14.0 Å². The van der Waals surface area contributed by atoms with E-state index in [4.69, 9.17) is 9.72 Å². The molecule has 0 aliphatic rings. The Labute approximate surface area is 265 Å². The summed E-state index contributed by atoms with van der Waals surface area (Å²) < 4.78 is 38.3. The Kier molecular flexibility index (Phi) is 10.6. The van der Waals surface area contributed by atoms with Gasteiger partial charge in [-0.3, -0.25) is 4.90 Å². The molecule has 0 aliphatic carbocycles. The van der Waals surface area contributed by atoms with Gasteiger partial charge in [-0.2, -0.15) is 8.78 Å². The third-order valence-electron chi connectivity index (χ3n) is 7.95. The average Bonchev–Trinajstić information content (AvgIpc) is 3.39. The van der Waals surface area contributed by atoms with Gasteiger partial charge >= 0.3 is 6.61 Å². The molecule has 0 bridgehead atoms. The van der Waals surface area contributed by atoms with Gasteiger partial charge in [-0.1, -0.05) is 98.3 Å². The zero-order valence-corrected chi connectivity index (χ0v) is 26.5. The third kappa shape index (κ3) is 7.97. The van der Waals surface area contributed by atoms with Gasteiger partial charge in [0, 0.05) is 37.3 Å². The van der Waals surface area contributed by atoms with Gasteiger partial charge in [0.05, 0.1) is 18.5 Å². The molecule has 0 unspecified atom stereocenters. The van der Waals surface area contributed by atoms with Crippen molar-refractivity contribution in [3.8, 4) is 34.1 Å². The Morgan fingerprint density at radius 3 is 1.96 bits per heavy atom. The lowest BCUT2D eigenvalue weighted by atomic mass is 10.0. The van der Waals surface area contributed by atoms with Gasteiger partial charge in [0.25, 0.3) is 0 Å². The molecule has 7 heteroatoms. The van der Waals surface area contributed by atoms with Crippen LogP contribution >= 0.6 is 0 Å². The number of aromatic nitrogens is 2. The number of imidazole rings is 1. The highest BCUT2D eigenvalue weighted by molar-refractivity contribution is 5.68. The first-order chi connectivity index (χ1) is 21.9. The van der Waals surface area contributed by atoms with Crippen molar-refractivity contribution in [3.63, 3.8) is 0 Å². The molecule has 0 aliphatic heterocycles. The van der Waals surface area contributed by atoms with E-state index in [1.54, 1.807) is 19.2 Å². The van der Waals surface area contributed by atoms with Crippen LogP contribution in [0.1, 0.15) is 47.7 Å². The Morgan fingerprint density at radius 1 is 0.778 bits per heavy atom. The van der Waals surface area contributed by atoms with E-state index in [1.165, 1.54) is 5.56 Å². The molecule has 0 fully saturated rings. The van der Waals surface area contributed by atoms with Gasteiger partial charge in [-0.15, -0.1) is 0 Å². The second kappa shape index (κ2) is 15.0. The van der Waals surface area contributed by atoms with E-state index in [0.29, 0.717) is 19.6 Å². The topological polar surface area (TPSA) is 39.5 Å². The van der Waals surface area contributed by atoms with Crippen molar-refractivity contribution >= 4 is 0 Å². The summed E-state index contributed by atoms with van der Waals surface area (Å²) in [6, 6.07) is 32.0. The first-order valence-electron chi connectivity index (χ1n) is 15.5. The van der Waals surface area contributed by atoms with E-state index in [2.05, 4.69) is 95.6 Å². The van der Waals surface area contributed by atoms with E-state index in [-0.39, 0.29) is 5.75 Å². The van der Waals surface area contributed by atoms with Crippen molar-refractivity contribution in [2.24, 2.45) is 0 Å². The van der Waals surface area contributed by atoms with Crippen LogP contribution in [0.3, 0.4) is 0 Å². The van der Waals surface area contributed by atoms with Crippen LogP contribution in [0.15, 0.2) is 97.1 Å². The number of unbranched alkanes of at least 4 members (excludes halogenated alkanes) is 1. The molecule has 0 radical (unpaired) electrons. The lowest BCUT2D eigenvalue weighted by Gasteiger charge is -2.25. The summed E-state index contributed by atoms with van der Waals surface area (Å²) >= 11 is 0. The zero-order valence-electron chi connectivity index (χ0n) is 26.5. The predicted octanol–water partition coefficient (Wildman–Crippen LogP) is 9.45. The van der Waals surface area contributed by atoms with Gasteiger partial charge in [0.1, 0.15) is 17.3 Å². The first-order valence-corrected chi connectivity index (χ1v) is 15.5. The Morgan fingerprint density at radius 2 is 1.38 bits per heavy atom. The number of methoxy groups -OCH3 is 1. The Balaban J connectivity index is 1.60. The second-order valence-corrected chi connectivity index (χ2v) is 11.4. The molecule has 45 heavy (non-hydrogen) atoms. The molecule has 0 amide bonds. The van der Waals surface area contributed by atoms with E-state index in [1.807, 2.05) is 24.3 Å². The first kappa shape index (κ1) is 31.9. The monoisotopic (exact) mass is 609 g/mol. The van der Waals surface area contributed by atoms with E-state index < -0.39 is 6.61 Å². The molecule has 5 aromatic rings. The highest BCUT2D eigenvalue weighted by atomic mass is 19.3. The standard InChI is InChI=1S/C38H41F2N3O2/c1-5-6-21-43-34(35(31-13-9-7-10-14-31)41-37(43)32-15-11-8-12-16-32)26-42(24-29-17-19-33(20-18-29)45-38(39)40)25-30-22-27(2)36(44-4)28(3)23-30/h7-20,22-23,38H,5-6,21,24-26H2,1-4H3. The smallest absolute Gasteiger partial charge is 0.387 e. The Bertz CT molecular complexity index is 1650. The maximum absolute atomic E-state index is 12.8. The van der Waals surface area contributed by atoms with Crippen LogP contribution in [-0.2, 0) is 26.2 Å². The minimum absolute atomic E-state index is 0.151. The highest BCUT2D eigenvalue weighted by Gasteiger charge is 2.22. The van der Waals surface area contributed by atoms with Crippen LogP contribution < -0.4 is 9.47 Å². The fourth-order valence-corrected chi connectivity index (χ4v) is 5.96. The van der Waals surface area contributed by atoms with Crippen LogP contribution in [0.2, 0.25) is 0 Å². The number of halogens is 2. The average molecular weight is 610 g/mol. The summed E-state index contributed by atoms with van der Waals surface area (Å²) in [5, 5.41) is 0. The molecule has 0 spiro atoms. The number of alkyl halides is 2. The van der Waals surface area contributed by atoms with Gasteiger partial charge in [0.15, 0.2) is 0 Å². The summed E-state index contributed by atoms with van der Waals surface area (Å²) in [6.07, 6.45) is 2.09. The largest absolute Gasteiger partial charge is 0.496 e. The molecule has 0 atom stereocenters. The van der Waals surface area contributed by atoms with Crippen molar-refractivity contribution in [1.29, 1.82) is 0 Å². The maximum atomic E-state index is 12.8. The number of benzene rings is 4. The van der Waals surface area contributed by atoms with Gasteiger partial charge in [0.2, 0.25) is 0 Å². The fraction of sp³-hybridized carbons (Fsp3) is 0.289. The summed E-state index contributed by atoms with van der Waals surface area (Å²) in [5.41, 5.74) is 8.63. The molecule has 1 heterocycles. The zero-order chi connectivity index (χ0) is 31.8. The quantitative estimate of drug-likeness (QED) is 0.126. The van der Waals surface area contributed by atoms with E-state index in [9.17, 15) is 8.78 Å². The third-order valence-corrected chi connectivity index (χ3v) is 7.95. The number of ether oxygens (including phenoxy) is 2. The fourth-order valence-electron chi connectivity index (χ4n) is 5.96. The maximum Gasteiger partial charge on any atom is 0.387 e. The van der Waals surface area contributed by atoms with Crippen LogP contribution in [0, 0.1) is 13.8 Å². The molecule has 0 saturated carbocycles. The highest BCUT2D eigenvalue weighted by Crippen LogP contribution is 2.32. The van der Waals surface area contributed by atoms with Crippen molar-refractivity contribution < 1.29 is 18.3 Å². The molecule has 4 aromatic carbocycles. The number of rotatable bonds is 14. The normalized spacial score (nSPS) is 11.4. The lowest BCUT2D eigenvalue weighted by Crippen LogP contribution is -2.25. The summed E-state index contributed by atoms with van der Waals surface area (Å²) in [6.45, 7) is 6.26. The van der Waals surface area contributed by atoms with Crippen molar-refractivity contribution in [3.05, 3.63) is 125 Å². The minimum Gasteiger partial charge on any atom is -0.496 e. The molecule has 0 saturated heterocycles. The summed E-state index contributed by atoms with van der Waals surface area (Å²) in [7, 11) is 1.70. The summed E-state index contributed by atoms with van der Waals surface area (Å²) in [4.78, 5) is 7.69. The summed E-state index contributed by atoms with van der Waals surface area (Å²) in [5.74, 6) is 2.01. The number of aryl methyl sites for hydroxylation is 2. The number of hydrogen-bond acceptors (Lipinski definition) is 4. The van der Waals surface area contributed by atoms with Gasteiger partial charge in [-0.05, 0) is 54.7 Å². The van der Waals surface area contributed by atoms with E-state index >= 15 is 0 Å². The molecule has 1 aromatic heterocycles. The second-order valence-electron chi connectivity index (χ2n) is 11.4. The molecular formula is C38H41F2N3O2. The van der Waals surface area contributed by atoms with Gasteiger partial charge in [-0.25, -0.2) is 4.98 Å². The van der Waals surface area contributed by atoms with E-state index in [0.717, 1.165) is 70.2 Å². The minimum atomic E-state index is -2.85. The molecule has 5 nitrogen and oxygen atoms in total. The molecule has 234 valence electrons. The van der Waals surface area contributed by atoms with Crippen molar-refractivity contribution in [2.45, 2.75) is 66.4 Å². The van der Waals surface area contributed by atoms with Crippen LogP contribution in [0.4, 0.5) is 8.78 Å². The molecule has 5 rings (SSSR count).